The van der Waals surface area contributed by atoms with Crippen molar-refractivity contribution in [2.24, 2.45) is 0 Å². The van der Waals surface area contributed by atoms with Crippen LogP contribution >= 0.6 is 0 Å². The van der Waals surface area contributed by atoms with E-state index in [4.69, 9.17) is 14.5 Å². The fraction of sp³-hybridized carbons (Fsp3) is 0.258. The second-order valence-corrected chi connectivity index (χ2v) is 11.4. The number of fused-ring (bicyclic) bond motifs is 1. The second kappa shape index (κ2) is 12.4. The molecule has 0 spiro atoms. The lowest BCUT2D eigenvalue weighted by atomic mass is 10.0. The predicted molar refractivity (Wildman–Crippen MR) is 156 cm³/mol. The zero-order chi connectivity index (χ0) is 28.8. The number of ether oxygens (including phenoxy) is 2. The van der Waals surface area contributed by atoms with Crippen molar-refractivity contribution in [2.45, 2.75) is 30.6 Å². The van der Waals surface area contributed by atoms with Gasteiger partial charge in [0.25, 0.3) is 15.9 Å². The molecule has 0 fully saturated rings. The van der Waals surface area contributed by atoms with Gasteiger partial charge >= 0.3 is 0 Å². The van der Waals surface area contributed by atoms with Crippen LogP contribution in [0.1, 0.15) is 32.7 Å². The Morgan fingerprint density at radius 1 is 0.878 bits per heavy atom. The number of hydrogen-bond donors (Lipinski definition) is 1. The third-order valence-electron chi connectivity index (χ3n) is 7.18. The van der Waals surface area contributed by atoms with Gasteiger partial charge in [-0.1, -0.05) is 36.4 Å². The Bertz CT molecular complexity index is 1610. The number of amides is 1. The second-order valence-electron chi connectivity index (χ2n) is 9.75. The van der Waals surface area contributed by atoms with E-state index in [0.29, 0.717) is 30.2 Å². The van der Waals surface area contributed by atoms with Crippen molar-refractivity contribution in [1.29, 1.82) is 0 Å². The molecule has 0 saturated carbocycles. The number of aryl methyl sites for hydroxylation is 2. The zero-order valence-corrected chi connectivity index (χ0v) is 23.9. The van der Waals surface area contributed by atoms with Crippen LogP contribution in [0.5, 0.6) is 11.5 Å². The molecule has 5 rings (SSSR count). The van der Waals surface area contributed by atoms with E-state index >= 15 is 0 Å². The first-order valence-electron chi connectivity index (χ1n) is 13.4. The quantitative estimate of drug-likeness (QED) is 0.321. The monoisotopic (exact) mass is 572 g/mol. The van der Waals surface area contributed by atoms with Crippen LogP contribution in [0.4, 0.5) is 5.95 Å². The van der Waals surface area contributed by atoms with Gasteiger partial charge in [-0.2, -0.15) is 0 Å². The van der Waals surface area contributed by atoms with Crippen molar-refractivity contribution in [3.63, 3.8) is 0 Å². The molecule has 0 bridgehead atoms. The first-order valence-corrected chi connectivity index (χ1v) is 14.9. The summed E-state index contributed by atoms with van der Waals surface area (Å²) in [6.07, 6.45) is 4.13. The molecule has 0 unspecified atom stereocenters. The number of anilines is 1. The first kappa shape index (κ1) is 28.1. The third kappa shape index (κ3) is 6.66. The smallest absolute Gasteiger partial charge is 0.268 e. The van der Waals surface area contributed by atoms with Crippen LogP contribution in [0, 0.1) is 0 Å². The molecule has 1 N–H and O–H groups in total. The molecule has 1 aliphatic heterocycles. The summed E-state index contributed by atoms with van der Waals surface area (Å²) in [5.74, 6) is 0.985. The Labute approximate surface area is 240 Å². The number of nitrogens with zero attached hydrogens (tertiary/aromatic N) is 3. The number of sulfonamides is 1. The number of benzene rings is 3. The van der Waals surface area contributed by atoms with Gasteiger partial charge in [-0.25, -0.2) is 23.1 Å². The van der Waals surface area contributed by atoms with Gasteiger partial charge in [-0.05, 0) is 78.8 Å². The summed E-state index contributed by atoms with van der Waals surface area (Å²) in [6.45, 7) is 1.48. The molecule has 1 aliphatic rings. The standard InChI is InChI=1S/C31H32N4O5S/c1-39-25-11-13-27(14-12-25)41(37,38)34-30(36)28-21-32-31(35-18-16-23-7-3-4-8-24(23)17-19-35)33-29(28)15-10-22-6-5-9-26(20-22)40-2/h3-9,11-14,20-21H,10,15-19H2,1-2H3,(H,34,36). The van der Waals surface area contributed by atoms with E-state index < -0.39 is 15.9 Å². The number of carbonyl (C=O) groups is 1. The van der Waals surface area contributed by atoms with Crippen molar-refractivity contribution in [3.8, 4) is 11.5 Å². The van der Waals surface area contributed by atoms with Crippen LogP contribution < -0.4 is 19.1 Å². The summed E-state index contributed by atoms with van der Waals surface area (Å²) in [4.78, 5) is 24.8. The highest BCUT2D eigenvalue weighted by Gasteiger charge is 2.24. The van der Waals surface area contributed by atoms with E-state index in [1.54, 1.807) is 7.11 Å². The minimum atomic E-state index is -4.13. The number of aromatic nitrogens is 2. The van der Waals surface area contributed by atoms with Crippen molar-refractivity contribution in [3.05, 3.63) is 107 Å². The summed E-state index contributed by atoms with van der Waals surface area (Å²) in [6, 6.07) is 21.9. The normalized spacial score (nSPS) is 13.2. The van der Waals surface area contributed by atoms with Gasteiger partial charge in [0.05, 0.1) is 30.4 Å². The van der Waals surface area contributed by atoms with E-state index in [0.717, 1.165) is 37.2 Å². The molecule has 212 valence electrons. The molecule has 0 atom stereocenters. The predicted octanol–water partition coefficient (Wildman–Crippen LogP) is 4.00. The summed E-state index contributed by atoms with van der Waals surface area (Å²) >= 11 is 0. The fourth-order valence-electron chi connectivity index (χ4n) is 4.89. The highest BCUT2D eigenvalue weighted by Crippen LogP contribution is 2.22. The van der Waals surface area contributed by atoms with Gasteiger partial charge in [0, 0.05) is 19.3 Å². The Morgan fingerprint density at radius 2 is 1.56 bits per heavy atom. The molecule has 0 radical (unpaired) electrons. The summed E-state index contributed by atoms with van der Waals surface area (Å²) in [5, 5.41) is 0. The number of methoxy groups -OCH3 is 2. The average Bonchev–Trinajstić information content (AvgIpc) is 3.22. The highest BCUT2D eigenvalue weighted by molar-refractivity contribution is 7.90. The molecule has 2 heterocycles. The fourth-order valence-corrected chi connectivity index (χ4v) is 5.85. The summed E-state index contributed by atoms with van der Waals surface area (Å²) in [5.41, 5.74) is 4.22. The van der Waals surface area contributed by atoms with E-state index in [1.807, 2.05) is 24.3 Å². The molecular formula is C31H32N4O5S. The average molecular weight is 573 g/mol. The van der Waals surface area contributed by atoms with Crippen LogP contribution in [-0.2, 0) is 35.7 Å². The minimum Gasteiger partial charge on any atom is -0.497 e. The maximum absolute atomic E-state index is 13.4. The van der Waals surface area contributed by atoms with Crippen molar-refractivity contribution >= 4 is 21.9 Å². The van der Waals surface area contributed by atoms with Gasteiger partial charge < -0.3 is 14.4 Å². The summed E-state index contributed by atoms with van der Waals surface area (Å²) < 4.78 is 38.6. The number of hydrogen-bond acceptors (Lipinski definition) is 8. The van der Waals surface area contributed by atoms with Crippen LogP contribution in [0.3, 0.4) is 0 Å². The first-order chi connectivity index (χ1) is 19.9. The molecule has 4 aromatic rings. The van der Waals surface area contributed by atoms with Crippen LogP contribution in [-0.4, -0.2) is 51.6 Å². The molecule has 3 aromatic carbocycles. The lowest BCUT2D eigenvalue weighted by Crippen LogP contribution is -2.33. The van der Waals surface area contributed by atoms with E-state index in [1.165, 1.54) is 48.7 Å². The minimum absolute atomic E-state index is 0.0498. The number of rotatable bonds is 9. The van der Waals surface area contributed by atoms with Gasteiger partial charge in [-0.15, -0.1) is 0 Å². The van der Waals surface area contributed by atoms with Crippen LogP contribution in [0.25, 0.3) is 0 Å². The largest absolute Gasteiger partial charge is 0.497 e. The molecule has 0 saturated heterocycles. The lowest BCUT2D eigenvalue weighted by Gasteiger charge is -2.21. The van der Waals surface area contributed by atoms with E-state index in [-0.39, 0.29) is 10.5 Å². The van der Waals surface area contributed by atoms with Crippen LogP contribution in [0.2, 0.25) is 0 Å². The highest BCUT2D eigenvalue weighted by atomic mass is 32.2. The van der Waals surface area contributed by atoms with Crippen molar-refractivity contribution in [2.75, 3.05) is 32.2 Å². The van der Waals surface area contributed by atoms with Gasteiger partial charge in [0.15, 0.2) is 0 Å². The molecule has 1 aromatic heterocycles. The lowest BCUT2D eigenvalue weighted by molar-refractivity contribution is 0.0979. The Hall–Kier alpha value is -4.44. The zero-order valence-electron chi connectivity index (χ0n) is 23.0. The van der Waals surface area contributed by atoms with E-state index in [2.05, 4.69) is 38.9 Å². The third-order valence-corrected chi connectivity index (χ3v) is 8.53. The molecule has 41 heavy (non-hydrogen) atoms. The number of nitrogens with one attached hydrogen (secondary N) is 1. The van der Waals surface area contributed by atoms with Gasteiger partial charge in [0.2, 0.25) is 5.95 Å². The van der Waals surface area contributed by atoms with E-state index in [9.17, 15) is 13.2 Å². The Morgan fingerprint density at radius 3 is 2.22 bits per heavy atom. The topological polar surface area (TPSA) is 111 Å². The molecule has 1 amide bonds. The molecule has 0 aliphatic carbocycles. The van der Waals surface area contributed by atoms with Gasteiger partial charge in [-0.3, -0.25) is 4.79 Å². The maximum Gasteiger partial charge on any atom is 0.268 e. The SMILES string of the molecule is COc1ccc(S(=O)(=O)NC(=O)c2cnc(N3CCc4ccccc4CC3)nc2CCc2cccc(OC)c2)cc1. The molecular weight excluding hydrogens is 540 g/mol. The molecule has 9 nitrogen and oxygen atoms in total. The van der Waals surface area contributed by atoms with Gasteiger partial charge in [0.1, 0.15) is 11.5 Å². The number of carbonyl (C=O) groups excluding carboxylic acids is 1. The van der Waals surface area contributed by atoms with Crippen LogP contribution in [0.15, 0.2) is 83.9 Å². The Balaban J connectivity index is 1.42. The maximum atomic E-state index is 13.4. The summed E-state index contributed by atoms with van der Waals surface area (Å²) in [7, 11) is -1.02. The van der Waals surface area contributed by atoms with Crippen molar-refractivity contribution < 1.29 is 22.7 Å². The Kier molecular flexibility index (Phi) is 8.49. The molecule has 10 heteroatoms. The van der Waals surface area contributed by atoms with Crippen molar-refractivity contribution in [1.82, 2.24) is 14.7 Å².